The molecule has 0 amide bonds. The van der Waals surface area contributed by atoms with E-state index in [9.17, 15) is 22.7 Å². The van der Waals surface area contributed by atoms with Gasteiger partial charge in [0.05, 0.1) is 11.8 Å². The summed E-state index contributed by atoms with van der Waals surface area (Å²) in [7, 11) is 0. The maximum Gasteiger partial charge on any atom is 0.419 e. The average molecular weight is 288 g/mol. The van der Waals surface area contributed by atoms with Crippen LogP contribution in [0.1, 0.15) is 35.5 Å². The molecule has 6 heteroatoms. The Balaban J connectivity index is 2.37. The van der Waals surface area contributed by atoms with Gasteiger partial charge in [-0.1, -0.05) is 13.0 Å². The van der Waals surface area contributed by atoms with Gasteiger partial charge in [0, 0.05) is 12.0 Å². The second-order valence-electron chi connectivity index (χ2n) is 4.29. The molecule has 0 saturated carbocycles. The van der Waals surface area contributed by atoms with E-state index in [1.165, 1.54) is 12.3 Å². The first kappa shape index (κ1) is 14.6. The van der Waals surface area contributed by atoms with Gasteiger partial charge in [0.25, 0.3) is 0 Å². The molecular formula is C14H12F4O2. The smallest absolute Gasteiger partial charge is 0.419 e. The van der Waals surface area contributed by atoms with Gasteiger partial charge >= 0.3 is 6.18 Å². The van der Waals surface area contributed by atoms with Gasteiger partial charge in [-0.05, 0) is 23.8 Å². The van der Waals surface area contributed by atoms with Crippen LogP contribution in [0.4, 0.5) is 17.6 Å². The van der Waals surface area contributed by atoms with E-state index in [4.69, 9.17) is 4.42 Å². The fraction of sp³-hybridized carbons (Fsp3) is 0.286. The monoisotopic (exact) mass is 288 g/mol. The van der Waals surface area contributed by atoms with E-state index in [2.05, 4.69) is 0 Å². The number of hydrogen-bond acceptors (Lipinski definition) is 2. The highest BCUT2D eigenvalue weighted by Gasteiger charge is 2.34. The lowest BCUT2D eigenvalue weighted by Gasteiger charge is -2.13. The molecule has 1 atom stereocenters. The van der Waals surface area contributed by atoms with E-state index in [0.29, 0.717) is 29.9 Å². The van der Waals surface area contributed by atoms with Crippen LogP contribution >= 0.6 is 0 Å². The minimum Gasteiger partial charge on any atom is -0.469 e. The quantitative estimate of drug-likeness (QED) is 0.863. The van der Waals surface area contributed by atoms with Gasteiger partial charge in [-0.3, -0.25) is 0 Å². The lowest BCUT2D eigenvalue weighted by atomic mass is 9.99. The van der Waals surface area contributed by atoms with Crippen LogP contribution in [0, 0.1) is 5.82 Å². The Morgan fingerprint density at radius 2 is 1.95 bits per heavy atom. The molecule has 0 spiro atoms. The number of rotatable bonds is 3. The van der Waals surface area contributed by atoms with Crippen molar-refractivity contribution < 1.29 is 27.1 Å². The average Bonchev–Trinajstić information content (AvgIpc) is 2.84. The van der Waals surface area contributed by atoms with Gasteiger partial charge in [0.15, 0.2) is 0 Å². The Labute approximate surface area is 112 Å². The maximum absolute atomic E-state index is 13.5. The summed E-state index contributed by atoms with van der Waals surface area (Å²) in [6.07, 6.45) is -4.08. The van der Waals surface area contributed by atoms with Gasteiger partial charge in [0.2, 0.25) is 0 Å². The second-order valence-corrected chi connectivity index (χ2v) is 4.29. The highest BCUT2D eigenvalue weighted by Crippen LogP contribution is 2.34. The number of aliphatic hydroxyl groups is 1. The number of aliphatic hydroxyl groups excluding tert-OH is 1. The number of alkyl halides is 3. The van der Waals surface area contributed by atoms with Crippen molar-refractivity contribution in [3.63, 3.8) is 0 Å². The summed E-state index contributed by atoms with van der Waals surface area (Å²) in [5.41, 5.74) is -0.880. The summed E-state index contributed by atoms with van der Waals surface area (Å²) < 4.78 is 56.0. The lowest BCUT2D eigenvalue weighted by Crippen LogP contribution is -2.09. The zero-order valence-corrected chi connectivity index (χ0v) is 10.5. The van der Waals surface area contributed by atoms with Gasteiger partial charge in [-0.25, -0.2) is 4.39 Å². The highest BCUT2D eigenvalue weighted by molar-refractivity contribution is 5.34. The van der Waals surface area contributed by atoms with Crippen LogP contribution in [-0.2, 0) is 12.6 Å². The van der Waals surface area contributed by atoms with E-state index in [0.717, 1.165) is 6.07 Å². The molecular weight excluding hydrogens is 276 g/mol. The van der Waals surface area contributed by atoms with Crippen molar-refractivity contribution in [3.8, 4) is 0 Å². The maximum atomic E-state index is 13.5. The van der Waals surface area contributed by atoms with E-state index >= 15 is 0 Å². The zero-order chi connectivity index (χ0) is 14.9. The fourth-order valence-electron chi connectivity index (χ4n) is 1.99. The van der Waals surface area contributed by atoms with Crippen molar-refractivity contribution in [1.82, 2.24) is 0 Å². The van der Waals surface area contributed by atoms with Crippen molar-refractivity contribution in [2.45, 2.75) is 25.6 Å². The normalized spacial score (nSPS) is 13.5. The molecule has 0 saturated heterocycles. The minimum absolute atomic E-state index is 0.0478. The van der Waals surface area contributed by atoms with Gasteiger partial charge < -0.3 is 9.52 Å². The van der Waals surface area contributed by atoms with Gasteiger partial charge in [-0.15, -0.1) is 0 Å². The molecule has 2 aromatic rings. The van der Waals surface area contributed by atoms with Crippen LogP contribution in [0.25, 0.3) is 0 Å². The molecule has 0 aliphatic carbocycles. The summed E-state index contributed by atoms with van der Waals surface area (Å²) in [6.45, 7) is 1.81. The van der Waals surface area contributed by atoms with E-state index in [-0.39, 0.29) is 5.56 Å². The van der Waals surface area contributed by atoms with Crippen molar-refractivity contribution in [2.75, 3.05) is 0 Å². The molecule has 1 aromatic heterocycles. The standard InChI is InChI=1S/C14H12F4O2/c1-2-12-9(5-6-20-12)13(19)8-3-4-10(11(15)7-8)14(16,17)18/h3-7,13,19H,2H2,1H3. The van der Waals surface area contributed by atoms with Crippen LogP contribution in [0.5, 0.6) is 0 Å². The van der Waals surface area contributed by atoms with Gasteiger partial charge in [0.1, 0.15) is 17.7 Å². The second kappa shape index (κ2) is 5.28. The molecule has 1 aromatic carbocycles. The first-order valence-corrected chi connectivity index (χ1v) is 5.95. The summed E-state index contributed by atoms with van der Waals surface area (Å²) in [6, 6.07) is 3.89. The Morgan fingerprint density at radius 3 is 2.50 bits per heavy atom. The number of furan rings is 1. The summed E-state index contributed by atoms with van der Waals surface area (Å²) in [5, 5.41) is 10.1. The summed E-state index contributed by atoms with van der Waals surface area (Å²) in [4.78, 5) is 0. The van der Waals surface area contributed by atoms with Crippen molar-refractivity contribution >= 4 is 0 Å². The Bertz CT molecular complexity index is 601. The molecule has 1 N–H and O–H groups in total. The largest absolute Gasteiger partial charge is 0.469 e. The first-order valence-electron chi connectivity index (χ1n) is 5.95. The summed E-state index contributed by atoms with van der Waals surface area (Å²) >= 11 is 0. The molecule has 0 bridgehead atoms. The van der Waals surface area contributed by atoms with Crippen LogP contribution in [-0.4, -0.2) is 5.11 Å². The predicted molar refractivity (Wildman–Crippen MR) is 63.5 cm³/mol. The third-order valence-electron chi connectivity index (χ3n) is 3.01. The van der Waals surface area contributed by atoms with Crippen molar-refractivity contribution in [2.24, 2.45) is 0 Å². The lowest BCUT2D eigenvalue weighted by molar-refractivity contribution is -0.140. The molecule has 2 nitrogen and oxygen atoms in total. The minimum atomic E-state index is -4.75. The van der Waals surface area contributed by atoms with E-state index in [1.54, 1.807) is 0 Å². The molecule has 108 valence electrons. The van der Waals surface area contributed by atoms with E-state index in [1.807, 2.05) is 6.92 Å². The highest BCUT2D eigenvalue weighted by atomic mass is 19.4. The topological polar surface area (TPSA) is 33.4 Å². The van der Waals surface area contributed by atoms with Crippen LogP contribution in [0.15, 0.2) is 34.9 Å². The molecule has 0 radical (unpaired) electrons. The number of hydrogen-bond donors (Lipinski definition) is 1. The molecule has 0 aliphatic heterocycles. The third kappa shape index (κ3) is 2.70. The van der Waals surface area contributed by atoms with Crippen molar-refractivity contribution in [1.29, 1.82) is 0 Å². The fourth-order valence-corrected chi connectivity index (χ4v) is 1.99. The van der Waals surface area contributed by atoms with Crippen LogP contribution < -0.4 is 0 Å². The van der Waals surface area contributed by atoms with Gasteiger partial charge in [-0.2, -0.15) is 13.2 Å². The zero-order valence-electron chi connectivity index (χ0n) is 10.5. The third-order valence-corrected chi connectivity index (χ3v) is 3.01. The molecule has 20 heavy (non-hydrogen) atoms. The van der Waals surface area contributed by atoms with Crippen LogP contribution in [0.2, 0.25) is 0 Å². The SMILES string of the molecule is CCc1occc1C(O)c1ccc(C(F)(F)F)c(F)c1. The first-order chi connectivity index (χ1) is 9.34. The molecule has 1 heterocycles. The Kier molecular flexibility index (Phi) is 3.85. The number of benzene rings is 1. The molecule has 0 aliphatic rings. The summed E-state index contributed by atoms with van der Waals surface area (Å²) in [5.74, 6) is -0.895. The molecule has 1 unspecified atom stereocenters. The molecule has 2 rings (SSSR count). The van der Waals surface area contributed by atoms with Crippen molar-refractivity contribution in [3.05, 3.63) is 58.8 Å². The predicted octanol–water partition coefficient (Wildman–Crippen LogP) is 4.08. The molecule has 0 fully saturated rings. The number of aryl methyl sites for hydroxylation is 1. The van der Waals surface area contributed by atoms with E-state index < -0.39 is 23.7 Å². The Hall–Kier alpha value is -1.82. The number of halogens is 4. The Morgan fingerprint density at radius 1 is 1.25 bits per heavy atom. The van der Waals surface area contributed by atoms with Crippen LogP contribution in [0.3, 0.4) is 0 Å².